The second kappa shape index (κ2) is 19.9. The average molecular weight is 735 g/mol. The number of ether oxygens (including phenoxy) is 1. The highest BCUT2D eigenvalue weighted by atomic mass is 32.1. The molecule has 2 aromatic heterocycles. The SMILES string of the molecule is CCN(Cc1csc(C(C)C)n1)C(=O)N[C@H](C(=O)N[C@@H](Cc1ccccc1)C[C@H](O)[C@H](Cc1ccccc1)NC(=O)OCc1cncs1)C(C)C. The van der Waals surface area contributed by atoms with Crippen LogP contribution in [0.25, 0.3) is 0 Å². The summed E-state index contributed by atoms with van der Waals surface area (Å²) in [6, 6.07) is 16.9. The number of urea groups is 1. The molecule has 0 aliphatic carbocycles. The van der Waals surface area contributed by atoms with E-state index in [0.717, 1.165) is 26.7 Å². The number of carbonyl (C=O) groups is 3. The van der Waals surface area contributed by atoms with Crippen LogP contribution in [-0.2, 0) is 35.5 Å². The summed E-state index contributed by atoms with van der Waals surface area (Å²) >= 11 is 2.96. The lowest BCUT2D eigenvalue weighted by Crippen LogP contribution is -2.56. The van der Waals surface area contributed by atoms with Crippen molar-refractivity contribution in [2.45, 2.75) is 97.2 Å². The first kappa shape index (κ1) is 39.5. The normalized spacial score (nSPS) is 13.6. The minimum atomic E-state index is -1.05. The van der Waals surface area contributed by atoms with Gasteiger partial charge in [-0.2, -0.15) is 0 Å². The van der Waals surface area contributed by atoms with E-state index in [1.54, 1.807) is 27.9 Å². The van der Waals surface area contributed by atoms with Gasteiger partial charge < -0.3 is 30.7 Å². The lowest BCUT2D eigenvalue weighted by Gasteiger charge is -2.31. The van der Waals surface area contributed by atoms with Crippen LogP contribution in [-0.4, -0.2) is 68.8 Å². The number of rotatable bonds is 18. The minimum absolute atomic E-state index is 0.0673. The first-order chi connectivity index (χ1) is 24.5. The fourth-order valence-corrected chi connectivity index (χ4v) is 6.91. The van der Waals surface area contributed by atoms with E-state index in [9.17, 15) is 19.5 Å². The number of aliphatic hydroxyl groups excluding tert-OH is 1. The second-order valence-corrected chi connectivity index (χ2v) is 15.1. The van der Waals surface area contributed by atoms with Crippen molar-refractivity contribution in [3.05, 3.63) is 104 Å². The molecule has 4 aromatic rings. The molecule has 4 amide bonds. The first-order valence-electron chi connectivity index (χ1n) is 17.4. The number of aromatic nitrogens is 2. The largest absolute Gasteiger partial charge is 0.444 e. The van der Waals surface area contributed by atoms with E-state index < -0.39 is 30.3 Å². The standard InChI is InChI=1S/C38H50N6O5S2/c1-6-44(21-30-23-50-36(41-30)26(4)5)37(47)43-34(25(2)3)35(46)40-29(17-27-13-9-7-10-14-27)19-33(45)32(18-28-15-11-8-12-16-28)42-38(48)49-22-31-20-39-24-51-31/h7-16,20,23-26,29,32-34,45H,6,17-19,21-22H2,1-5H3,(H,40,46)(H,42,48)(H,43,47)/t29-,32-,33-,34-/m0/s1. The summed E-state index contributed by atoms with van der Waals surface area (Å²) in [6.45, 7) is 10.7. The van der Waals surface area contributed by atoms with Crippen molar-refractivity contribution in [2.75, 3.05) is 6.54 Å². The van der Waals surface area contributed by atoms with Gasteiger partial charge in [0, 0.05) is 30.1 Å². The van der Waals surface area contributed by atoms with Crippen molar-refractivity contribution >= 4 is 40.7 Å². The molecule has 2 aromatic carbocycles. The maximum absolute atomic E-state index is 14.0. The molecule has 0 saturated heterocycles. The highest BCUT2D eigenvalue weighted by Gasteiger charge is 2.31. The van der Waals surface area contributed by atoms with Crippen molar-refractivity contribution in [2.24, 2.45) is 5.92 Å². The van der Waals surface area contributed by atoms with Crippen molar-refractivity contribution in [3.8, 4) is 0 Å². The molecule has 0 spiro atoms. The highest BCUT2D eigenvalue weighted by molar-refractivity contribution is 7.09. The Kier molecular flexibility index (Phi) is 15.4. The van der Waals surface area contributed by atoms with E-state index in [1.807, 2.05) is 86.8 Å². The molecule has 274 valence electrons. The quantitative estimate of drug-likeness (QED) is 0.0940. The van der Waals surface area contributed by atoms with Crippen molar-refractivity contribution < 1.29 is 24.2 Å². The van der Waals surface area contributed by atoms with E-state index in [-0.39, 0.29) is 30.9 Å². The van der Waals surface area contributed by atoms with E-state index >= 15 is 0 Å². The topological polar surface area (TPSA) is 146 Å². The Bertz CT molecular complexity index is 1630. The van der Waals surface area contributed by atoms with E-state index in [0.29, 0.717) is 31.8 Å². The Morgan fingerprint density at radius 1 is 0.902 bits per heavy atom. The Morgan fingerprint density at radius 2 is 1.57 bits per heavy atom. The lowest BCUT2D eigenvalue weighted by molar-refractivity contribution is -0.124. The number of thiazole rings is 2. The van der Waals surface area contributed by atoms with Crippen LogP contribution < -0.4 is 16.0 Å². The molecule has 0 saturated carbocycles. The summed E-state index contributed by atoms with van der Waals surface area (Å²) in [4.78, 5) is 51.5. The predicted molar refractivity (Wildman–Crippen MR) is 202 cm³/mol. The van der Waals surface area contributed by atoms with Gasteiger partial charge >= 0.3 is 12.1 Å². The van der Waals surface area contributed by atoms with Crippen LogP contribution in [0, 0.1) is 5.92 Å². The Hall–Kier alpha value is -4.33. The van der Waals surface area contributed by atoms with Crippen LogP contribution in [0.1, 0.15) is 73.7 Å². The number of nitrogens with one attached hydrogen (secondary N) is 3. The van der Waals surface area contributed by atoms with Crippen molar-refractivity contribution in [3.63, 3.8) is 0 Å². The molecule has 4 N–H and O–H groups in total. The van der Waals surface area contributed by atoms with E-state index in [2.05, 4.69) is 39.8 Å². The van der Waals surface area contributed by atoms with Gasteiger partial charge in [-0.3, -0.25) is 9.78 Å². The van der Waals surface area contributed by atoms with Crippen LogP contribution in [0.5, 0.6) is 0 Å². The van der Waals surface area contributed by atoms with Gasteiger partial charge in [0.15, 0.2) is 0 Å². The van der Waals surface area contributed by atoms with Gasteiger partial charge in [0.25, 0.3) is 0 Å². The molecular weight excluding hydrogens is 685 g/mol. The van der Waals surface area contributed by atoms with Gasteiger partial charge in [0.1, 0.15) is 12.6 Å². The molecule has 0 unspecified atom stereocenters. The van der Waals surface area contributed by atoms with Gasteiger partial charge in [0.2, 0.25) is 5.91 Å². The highest BCUT2D eigenvalue weighted by Crippen LogP contribution is 2.20. The van der Waals surface area contributed by atoms with Crippen LogP contribution in [0.4, 0.5) is 9.59 Å². The number of hydrogen-bond acceptors (Lipinski definition) is 9. The number of hydrogen-bond donors (Lipinski definition) is 4. The molecule has 0 fully saturated rings. The molecule has 0 aliphatic rings. The average Bonchev–Trinajstić information content (AvgIpc) is 3.82. The van der Waals surface area contributed by atoms with E-state index in [4.69, 9.17) is 4.74 Å². The second-order valence-electron chi connectivity index (χ2n) is 13.2. The van der Waals surface area contributed by atoms with Crippen LogP contribution in [0.15, 0.2) is 77.8 Å². The number of aliphatic hydroxyl groups is 1. The van der Waals surface area contributed by atoms with Gasteiger partial charge in [-0.15, -0.1) is 22.7 Å². The smallest absolute Gasteiger partial charge is 0.407 e. The molecule has 0 aliphatic heterocycles. The molecular formula is C38H50N6O5S2. The molecule has 4 atom stereocenters. The fourth-order valence-electron chi connectivity index (χ4n) is 5.58. The summed E-state index contributed by atoms with van der Waals surface area (Å²) in [5.41, 5.74) is 4.38. The summed E-state index contributed by atoms with van der Waals surface area (Å²) in [7, 11) is 0. The van der Waals surface area contributed by atoms with Gasteiger partial charge in [-0.1, -0.05) is 88.4 Å². The van der Waals surface area contributed by atoms with Crippen molar-refractivity contribution in [1.82, 2.24) is 30.8 Å². The molecule has 2 heterocycles. The zero-order valence-electron chi connectivity index (χ0n) is 30.0. The zero-order chi connectivity index (χ0) is 36.8. The van der Waals surface area contributed by atoms with Crippen LogP contribution >= 0.6 is 22.7 Å². The number of amides is 4. The van der Waals surface area contributed by atoms with E-state index in [1.165, 1.54) is 11.3 Å². The Labute approximate surface area is 308 Å². The summed E-state index contributed by atoms with van der Waals surface area (Å²) in [5.74, 6) is -0.270. The molecule has 51 heavy (non-hydrogen) atoms. The molecule has 0 radical (unpaired) electrons. The summed E-state index contributed by atoms with van der Waals surface area (Å²) in [6.07, 6.45) is 0.841. The third-order valence-electron chi connectivity index (χ3n) is 8.41. The number of nitrogens with zero attached hydrogens (tertiary/aromatic N) is 3. The van der Waals surface area contributed by atoms with Gasteiger partial charge in [-0.05, 0) is 43.2 Å². The number of carbonyl (C=O) groups excluding carboxylic acids is 3. The van der Waals surface area contributed by atoms with Crippen LogP contribution in [0.3, 0.4) is 0 Å². The zero-order valence-corrected chi connectivity index (χ0v) is 31.6. The predicted octanol–water partition coefficient (Wildman–Crippen LogP) is 6.30. The molecule has 0 bridgehead atoms. The third-order valence-corrected chi connectivity index (χ3v) is 10.4. The molecule has 11 nitrogen and oxygen atoms in total. The summed E-state index contributed by atoms with van der Waals surface area (Å²) in [5, 5.41) is 23.6. The molecule has 4 rings (SSSR count). The Morgan fingerprint density at radius 3 is 2.14 bits per heavy atom. The van der Waals surface area contributed by atoms with Gasteiger partial charge in [0.05, 0.1) is 39.8 Å². The summed E-state index contributed by atoms with van der Waals surface area (Å²) < 4.78 is 5.43. The lowest BCUT2D eigenvalue weighted by atomic mass is 9.93. The Balaban J connectivity index is 1.48. The maximum Gasteiger partial charge on any atom is 0.407 e. The fraction of sp³-hybridized carbons (Fsp3) is 0.447. The number of benzene rings is 2. The minimum Gasteiger partial charge on any atom is -0.444 e. The first-order valence-corrected chi connectivity index (χ1v) is 19.1. The monoisotopic (exact) mass is 734 g/mol. The van der Waals surface area contributed by atoms with Gasteiger partial charge in [-0.25, -0.2) is 14.6 Å². The van der Waals surface area contributed by atoms with Crippen LogP contribution in [0.2, 0.25) is 0 Å². The molecule has 13 heteroatoms. The number of alkyl carbamates (subject to hydrolysis) is 1. The van der Waals surface area contributed by atoms with Crippen molar-refractivity contribution in [1.29, 1.82) is 0 Å². The third kappa shape index (κ3) is 12.7. The maximum atomic E-state index is 14.0.